The van der Waals surface area contributed by atoms with Crippen LogP contribution >= 0.6 is 0 Å². The van der Waals surface area contributed by atoms with Crippen molar-refractivity contribution in [3.05, 3.63) is 150 Å². The molecule has 0 saturated carbocycles. The number of allylic oxidation sites excluding steroid dienone is 5. The summed E-state index contributed by atoms with van der Waals surface area (Å²) in [5, 5.41) is 5.39. The first-order valence-corrected chi connectivity index (χ1v) is 20.9. The quantitative estimate of drug-likeness (QED) is 0.168. The van der Waals surface area contributed by atoms with Crippen LogP contribution in [-0.2, 0) is 5.41 Å². The van der Waals surface area contributed by atoms with Crippen molar-refractivity contribution in [3.8, 4) is 33.4 Å². The molecule has 5 aliphatic rings. The summed E-state index contributed by atoms with van der Waals surface area (Å²) in [6.07, 6.45) is 16.9. The number of nitrogens with zero attached hydrogens (tertiary/aromatic N) is 2. The average molecular weight is 715 g/mol. The van der Waals surface area contributed by atoms with Gasteiger partial charge < -0.3 is 9.80 Å². The molecule has 55 heavy (non-hydrogen) atoms. The Bertz CT molecular complexity index is 2620. The number of piperidine rings is 2. The zero-order valence-corrected chi connectivity index (χ0v) is 32.4. The van der Waals surface area contributed by atoms with Gasteiger partial charge in [0, 0.05) is 54.8 Å². The van der Waals surface area contributed by atoms with E-state index >= 15 is 0 Å². The van der Waals surface area contributed by atoms with Crippen molar-refractivity contribution in [2.45, 2.75) is 63.7 Å². The van der Waals surface area contributed by atoms with E-state index in [4.69, 9.17) is 6.58 Å². The van der Waals surface area contributed by atoms with Crippen molar-refractivity contribution < 1.29 is 0 Å². The van der Waals surface area contributed by atoms with Gasteiger partial charge in [-0.3, -0.25) is 0 Å². The fourth-order valence-electron chi connectivity index (χ4n) is 11.4. The zero-order chi connectivity index (χ0) is 36.8. The number of anilines is 2. The predicted molar refractivity (Wildman–Crippen MR) is 236 cm³/mol. The number of hydrogen-bond acceptors (Lipinski definition) is 2. The topological polar surface area (TPSA) is 6.48 Å². The van der Waals surface area contributed by atoms with Crippen LogP contribution in [-0.4, -0.2) is 26.2 Å². The van der Waals surface area contributed by atoms with Gasteiger partial charge in [-0.1, -0.05) is 118 Å². The lowest BCUT2D eigenvalue weighted by Gasteiger charge is -2.31. The van der Waals surface area contributed by atoms with Crippen molar-refractivity contribution in [3.63, 3.8) is 0 Å². The molecular formula is C53H50N2. The molecule has 2 unspecified atom stereocenters. The number of hydrogen-bond donors (Lipinski definition) is 0. The van der Waals surface area contributed by atoms with Gasteiger partial charge in [-0.05, 0) is 146 Å². The van der Waals surface area contributed by atoms with Gasteiger partial charge in [0.05, 0.1) is 0 Å². The highest BCUT2D eigenvalue weighted by atomic mass is 15.1. The monoisotopic (exact) mass is 714 g/mol. The smallest absolute Gasteiger partial charge is 0.0372 e. The molecule has 2 nitrogen and oxygen atoms in total. The maximum Gasteiger partial charge on any atom is 0.0372 e. The second kappa shape index (κ2) is 12.6. The third kappa shape index (κ3) is 4.93. The van der Waals surface area contributed by atoms with Gasteiger partial charge in [0.15, 0.2) is 0 Å². The van der Waals surface area contributed by atoms with Crippen LogP contribution in [0.1, 0.15) is 80.5 Å². The Morgan fingerprint density at radius 2 is 1.05 bits per heavy atom. The first-order valence-electron chi connectivity index (χ1n) is 20.9. The third-order valence-corrected chi connectivity index (χ3v) is 14.0. The highest BCUT2D eigenvalue weighted by Gasteiger charge is 2.39. The summed E-state index contributed by atoms with van der Waals surface area (Å²) in [5.41, 5.74) is 17.6. The minimum absolute atomic E-state index is 0.132. The molecule has 2 heterocycles. The Hall–Kier alpha value is -5.34. The summed E-state index contributed by atoms with van der Waals surface area (Å²) < 4.78 is 0. The van der Waals surface area contributed by atoms with Crippen LogP contribution < -0.4 is 9.80 Å². The molecule has 0 aromatic heterocycles. The maximum atomic E-state index is 4.83. The maximum absolute atomic E-state index is 4.83. The second-order valence-electron chi connectivity index (χ2n) is 17.3. The Morgan fingerprint density at radius 3 is 1.73 bits per heavy atom. The van der Waals surface area contributed by atoms with Crippen LogP contribution in [0.5, 0.6) is 0 Å². The molecule has 2 aliphatic heterocycles. The molecule has 0 radical (unpaired) electrons. The van der Waals surface area contributed by atoms with Crippen LogP contribution in [0.25, 0.3) is 60.5 Å². The largest absolute Gasteiger partial charge is 0.372 e. The molecule has 0 amide bonds. The molecular weight excluding hydrogens is 665 g/mol. The molecule has 2 atom stereocenters. The van der Waals surface area contributed by atoms with Crippen molar-refractivity contribution in [1.29, 1.82) is 0 Å². The van der Waals surface area contributed by atoms with Gasteiger partial charge in [0.2, 0.25) is 0 Å². The summed E-state index contributed by atoms with van der Waals surface area (Å²) in [6.45, 7) is 14.2. The van der Waals surface area contributed by atoms with Crippen LogP contribution in [0.4, 0.5) is 11.4 Å². The van der Waals surface area contributed by atoms with Crippen molar-refractivity contribution in [2.75, 3.05) is 36.0 Å². The van der Waals surface area contributed by atoms with E-state index < -0.39 is 0 Å². The molecule has 0 N–H and O–H groups in total. The normalized spacial score (nSPS) is 20.9. The Labute approximate surface area is 326 Å². The summed E-state index contributed by atoms with van der Waals surface area (Å²) in [5.74, 6) is 0.651. The van der Waals surface area contributed by atoms with E-state index in [-0.39, 0.29) is 5.41 Å². The van der Waals surface area contributed by atoms with E-state index in [1.165, 1.54) is 133 Å². The van der Waals surface area contributed by atoms with Gasteiger partial charge in [-0.25, -0.2) is 0 Å². The van der Waals surface area contributed by atoms with E-state index in [9.17, 15) is 0 Å². The molecule has 2 saturated heterocycles. The van der Waals surface area contributed by atoms with Gasteiger partial charge in [0.1, 0.15) is 0 Å². The van der Waals surface area contributed by atoms with E-state index in [1.54, 1.807) is 0 Å². The number of rotatable bonds is 4. The Kier molecular flexibility index (Phi) is 7.57. The lowest BCUT2D eigenvalue weighted by atomic mass is 9.76. The van der Waals surface area contributed by atoms with Crippen LogP contribution in [0.3, 0.4) is 0 Å². The molecule has 0 spiro atoms. The molecule has 6 aromatic rings. The predicted octanol–water partition coefficient (Wildman–Crippen LogP) is 13.5. The molecule has 272 valence electrons. The van der Waals surface area contributed by atoms with Crippen LogP contribution in [0.15, 0.2) is 128 Å². The highest BCUT2D eigenvalue weighted by molar-refractivity contribution is 6.24. The van der Waals surface area contributed by atoms with Crippen molar-refractivity contribution in [1.82, 2.24) is 0 Å². The standard InChI is InChI=1S/C53H50N2/c1-34-37-16-6-7-17-38(37)40-19-14-21-44(49(34)40)50-41-26-24-36(55-30-12-5-13-31-55)33-47(41)51(42-27-25-35(32-46(42)50)54-28-10-4-11-29-54)45-22-15-20-43-39-18-8-9-23-48(39)53(2,3)52(43)45/h6-9,14-27,32-33,37-38H,1,4-5,10-13,28-31H2,2-3H3. The molecule has 3 aliphatic carbocycles. The van der Waals surface area contributed by atoms with Gasteiger partial charge in [-0.15, -0.1) is 0 Å². The fraction of sp³-hybridized carbons (Fsp3) is 0.283. The van der Waals surface area contributed by atoms with Gasteiger partial charge in [-0.2, -0.15) is 0 Å². The Balaban J connectivity index is 1.27. The average Bonchev–Trinajstić information content (AvgIpc) is 3.67. The van der Waals surface area contributed by atoms with Crippen molar-refractivity contribution in [2.24, 2.45) is 5.92 Å². The Morgan fingerprint density at radius 1 is 0.509 bits per heavy atom. The lowest BCUT2D eigenvalue weighted by Crippen LogP contribution is -2.29. The first-order chi connectivity index (χ1) is 27.0. The summed E-state index contributed by atoms with van der Waals surface area (Å²) >= 11 is 0. The minimum Gasteiger partial charge on any atom is -0.372 e. The fourth-order valence-corrected chi connectivity index (χ4v) is 11.4. The molecule has 2 heteroatoms. The van der Waals surface area contributed by atoms with E-state index in [0.717, 1.165) is 26.2 Å². The number of benzene rings is 6. The first kappa shape index (κ1) is 33.0. The van der Waals surface area contributed by atoms with Crippen LogP contribution in [0, 0.1) is 5.92 Å². The van der Waals surface area contributed by atoms with E-state index in [0.29, 0.717) is 11.8 Å². The highest BCUT2D eigenvalue weighted by Crippen LogP contribution is 2.57. The molecule has 11 rings (SSSR count). The minimum atomic E-state index is -0.132. The molecule has 2 fully saturated rings. The lowest BCUT2D eigenvalue weighted by molar-refractivity contribution is 0.578. The van der Waals surface area contributed by atoms with Crippen molar-refractivity contribution >= 4 is 38.5 Å². The van der Waals surface area contributed by atoms with E-state index in [1.807, 2.05) is 0 Å². The summed E-state index contributed by atoms with van der Waals surface area (Å²) in [7, 11) is 0. The van der Waals surface area contributed by atoms with Gasteiger partial charge >= 0.3 is 0 Å². The second-order valence-corrected chi connectivity index (χ2v) is 17.3. The summed E-state index contributed by atoms with van der Waals surface area (Å²) in [4.78, 5) is 5.27. The molecule has 6 aromatic carbocycles. The van der Waals surface area contributed by atoms with Gasteiger partial charge in [0.25, 0.3) is 0 Å². The number of fused-ring (bicyclic) bond motifs is 8. The zero-order valence-electron chi connectivity index (χ0n) is 32.4. The summed E-state index contributed by atoms with van der Waals surface area (Å²) in [6, 6.07) is 38.2. The third-order valence-electron chi connectivity index (χ3n) is 14.0. The SMILES string of the molecule is C=C1c2c(-c3c4cc(N5CCCCC5)ccc4c(-c4cccc5c4C(C)(C)c4ccccc4-5)c4cc(N5CCCCC5)ccc34)cccc2C2C=CC=CC12. The molecule has 0 bridgehead atoms. The van der Waals surface area contributed by atoms with E-state index in [2.05, 4.69) is 145 Å². The van der Waals surface area contributed by atoms with Crippen LogP contribution in [0.2, 0.25) is 0 Å².